The Morgan fingerprint density at radius 3 is 2.67 bits per heavy atom. The second-order valence-corrected chi connectivity index (χ2v) is 5.69. The summed E-state index contributed by atoms with van der Waals surface area (Å²) < 4.78 is 0. The second-order valence-electron chi connectivity index (χ2n) is 4.75. The van der Waals surface area contributed by atoms with Gasteiger partial charge in [0.05, 0.1) is 10.7 Å². The fourth-order valence-electron chi connectivity index (χ4n) is 1.85. The molecule has 0 spiro atoms. The molecule has 1 aromatic heterocycles. The van der Waals surface area contributed by atoms with Gasteiger partial charge >= 0.3 is 0 Å². The van der Waals surface area contributed by atoms with E-state index in [0.717, 1.165) is 23.5 Å². The fourth-order valence-corrected chi connectivity index (χ4v) is 2.73. The van der Waals surface area contributed by atoms with Crippen LogP contribution in [0.15, 0.2) is 35.7 Å². The molecule has 0 aliphatic heterocycles. The average Bonchev–Trinajstić information content (AvgIpc) is 2.87. The highest BCUT2D eigenvalue weighted by atomic mass is 32.1. The molecule has 2 N–H and O–H groups in total. The molecule has 0 saturated heterocycles. The molecule has 2 atom stereocenters. The van der Waals surface area contributed by atoms with Crippen LogP contribution in [-0.2, 0) is 6.42 Å². The molecular formula is C15H20N2S. The molecular weight excluding hydrogens is 240 g/mol. The number of rotatable bonds is 5. The Balaban J connectivity index is 2.07. The van der Waals surface area contributed by atoms with Crippen molar-refractivity contribution in [3.8, 4) is 11.3 Å². The van der Waals surface area contributed by atoms with Crippen LogP contribution in [0, 0.1) is 5.92 Å². The molecule has 0 bridgehead atoms. The minimum absolute atomic E-state index is 0.213. The van der Waals surface area contributed by atoms with Gasteiger partial charge in [-0.1, -0.05) is 50.6 Å². The molecule has 0 fully saturated rings. The van der Waals surface area contributed by atoms with Crippen molar-refractivity contribution in [1.29, 1.82) is 0 Å². The van der Waals surface area contributed by atoms with Crippen molar-refractivity contribution >= 4 is 11.3 Å². The molecule has 1 aromatic carbocycles. The van der Waals surface area contributed by atoms with Crippen LogP contribution in [0.1, 0.15) is 25.3 Å². The summed E-state index contributed by atoms with van der Waals surface area (Å²) in [6.07, 6.45) is 2.00. The highest BCUT2D eigenvalue weighted by molar-refractivity contribution is 7.09. The predicted molar refractivity (Wildman–Crippen MR) is 78.7 cm³/mol. The van der Waals surface area contributed by atoms with Gasteiger partial charge in [0.2, 0.25) is 0 Å². The van der Waals surface area contributed by atoms with Gasteiger partial charge in [-0.25, -0.2) is 4.98 Å². The Hall–Kier alpha value is -1.19. The van der Waals surface area contributed by atoms with Crippen LogP contribution in [-0.4, -0.2) is 11.0 Å². The van der Waals surface area contributed by atoms with Crippen LogP contribution in [0.3, 0.4) is 0 Å². The van der Waals surface area contributed by atoms with Crippen molar-refractivity contribution in [1.82, 2.24) is 4.98 Å². The third kappa shape index (κ3) is 3.18. The van der Waals surface area contributed by atoms with Gasteiger partial charge in [0.25, 0.3) is 0 Å². The summed E-state index contributed by atoms with van der Waals surface area (Å²) in [4.78, 5) is 4.68. The van der Waals surface area contributed by atoms with Crippen molar-refractivity contribution in [3.05, 3.63) is 40.7 Å². The average molecular weight is 260 g/mol. The zero-order chi connectivity index (χ0) is 13.0. The lowest BCUT2D eigenvalue weighted by Gasteiger charge is -2.16. The number of aromatic nitrogens is 1. The van der Waals surface area contributed by atoms with Gasteiger partial charge < -0.3 is 5.73 Å². The molecule has 2 unspecified atom stereocenters. The van der Waals surface area contributed by atoms with E-state index in [-0.39, 0.29) is 6.04 Å². The maximum atomic E-state index is 6.17. The van der Waals surface area contributed by atoms with Crippen LogP contribution in [0.2, 0.25) is 0 Å². The molecule has 0 saturated carbocycles. The fraction of sp³-hybridized carbons (Fsp3) is 0.400. The Labute approximate surface area is 113 Å². The summed E-state index contributed by atoms with van der Waals surface area (Å²) in [6.45, 7) is 4.39. The first-order valence-corrected chi connectivity index (χ1v) is 7.34. The summed E-state index contributed by atoms with van der Waals surface area (Å²) in [7, 11) is 0. The van der Waals surface area contributed by atoms with E-state index in [4.69, 9.17) is 5.73 Å². The van der Waals surface area contributed by atoms with Crippen molar-refractivity contribution in [2.24, 2.45) is 11.7 Å². The number of hydrogen-bond donors (Lipinski definition) is 1. The monoisotopic (exact) mass is 260 g/mol. The van der Waals surface area contributed by atoms with Gasteiger partial charge in [0.1, 0.15) is 0 Å². The van der Waals surface area contributed by atoms with Gasteiger partial charge in [0, 0.05) is 23.4 Å². The zero-order valence-electron chi connectivity index (χ0n) is 11.0. The summed E-state index contributed by atoms with van der Waals surface area (Å²) in [5.41, 5.74) is 8.41. The van der Waals surface area contributed by atoms with E-state index in [9.17, 15) is 0 Å². The van der Waals surface area contributed by atoms with Crippen molar-refractivity contribution in [2.75, 3.05) is 0 Å². The van der Waals surface area contributed by atoms with Gasteiger partial charge in [-0.2, -0.15) is 0 Å². The molecule has 0 aliphatic rings. The second kappa shape index (κ2) is 6.12. The lowest BCUT2D eigenvalue weighted by molar-refractivity contribution is 0.440. The number of nitrogens with two attached hydrogens (primary N) is 1. The van der Waals surface area contributed by atoms with E-state index in [2.05, 4.69) is 36.3 Å². The summed E-state index contributed by atoms with van der Waals surface area (Å²) in [5, 5.41) is 3.26. The van der Waals surface area contributed by atoms with E-state index in [0.29, 0.717) is 5.92 Å². The summed E-state index contributed by atoms with van der Waals surface area (Å²) in [6, 6.07) is 10.5. The summed E-state index contributed by atoms with van der Waals surface area (Å²) in [5.74, 6) is 0.550. The lowest BCUT2D eigenvalue weighted by atomic mass is 9.98. The molecule has 2 aromatic rings. The minimum atomic E-state index is 0.213. The number of nitrogens with zero attached hydrogens (tertiary/aromatic N) is 1. The van der Waals surface area contributed by atoms with Gasteiger partial charge in [-0.3, -0.25) is 0 Å². The zero-order valence-corrected chi connectivity index (χ0v) is 11.8. The first-order chi connectivity index (χ1) is 8.70. The van der Waals surface area contributed by atoms with E-state index in [1.54, 1.807) is 11.3 Å². The maximum absolute atomic E-state index is 6.17. The maximum Gasteiger partial charge on any atom is 0.0948 e. The molecule has 0 amide bonds. The van der Waals surface area contributed by atoms with Crippen molar-refractivity contribution in [3.63, 3.8) is 0 Å². The van der Waals surface area contributed by atoms with E-state index < -0.39 is 0 Å². The number of hydrogen-bond acceptors (Lipinski definition) is 3. The Kier molecular flexibility index (Phi) is 4.50. The largest absolute Gasteiger partial charge is 0.327 e. The quantitative estimate of drug-likeness (QED) is 0.889. The number of benzene rings is 1. The van der Waals surface area contributed by atoms with Gasteiger partial charge in [-0.15, -0.1) is 11.3 Å². The predicted octanol–water partition coefficient (Wildman–Crippen LogP) is 3.73. The molecule has 0 radical (unpaired) electrons. The third-order valence-electron chi connectivity index (χ3n) is 3.41. The third-order valence-corrected chi connectivity index (χ3v) is 4.28. The van der Waals surface area contributed by atoms with Crippen LogP contribution >= 0.6 is 11.3 Å². The Bertz CT molecular complexity index is 478. The normalized spacial score (nSPS) is 14.4. The SMILES string of the molecule is CCC(C)C(N)Cc1nc(-c2ccccc2)cs1. The molecule has 3 heteroatoms. The first-order valence-electron chi connectivity index (χ1n) is 6.46. The van der Waals surface area contributed by atoms with Crippen molar-refractivity contribution < 1.29 is 0 Å². The highest BCUT2D eigenvalue weighted by Crippen LogP contribution is 2.23. The molecule has 1 heterocycles. The van der Waals surface area contributed by atoms with Crippen LogP contribution in [0.25, 0.3) is 11.3 Å². The molecule has 96 valence electrons. The van der Waals surface area contributed by atoms with E-state index in [1.807, 2.05) is 18.2 Å². The Morgan fingerprint density at radius 1 is 1.28 bits per heavy atom. The topological polar surface area (TPSA) is 38.9 Å². The minimum Gasteiger partial charge on any atom is -0.327 e. The number of thiazole rings is 1. The van der Waals surface area contributed by atoms with Crippen molar-refractivity contribution in [2.45, 2.75) is 32.7 Å². The van der Waals surface area contributed by atoms with E-state index in [1.165, 1.54) is 5.56 Å². The summed E-state index contributed by atoms with van der Waals surface area (Å²) >= 11 is 1.71. The van der Waals surface area contributed by atoms with Crippen LogP contribution in [0.5, 0.6) is 0 Å². The Morgan fingerprint density at radius 2 is 2.00 bits per heavy atom. The van der Waals surface area contributed by atoms with Gasteiger partial charge in [0.15, 0.2) is 0 Å². The highest BCUT2D eigenvalue weighted by Gasteiger charge is 2.13. The molecule has 2 rings (SSSR count). The lowest BCUT2D eigenvalue weighted by Crippen LogP contribution is -2.30. The smallest absolute Gasteiger partial charge is 0.0948 e. The molecule has 0 aliphatic carbocycles. The van der Waals surface area contributed by atoms with Crippen LogP contribution in [0.4, 0.5) is 0 Å². The van der Waals surface area contributed by atoms with Gasteiger partial charge in [-0.05, 0) is 5.92 Å². The van der Waals surface area contributed by atoms with Crippen LogP contribution < -0.4 is 5.73 Å². The first kappa shape index (κ1) is 13.2. The molecule has 18 heavy (non-hydrogen) atoms. The molecule has 2 nitrogen and oxygen atoms in total. The standard InChI is InChI=1S/C15H20N2S/c1-3-11(2)13(16)9-15-17-14(10-18-15)12-7-5-4-6-8-12/h4-8,10-11,13H,3,9,16H2,1-2H3. The van der Waals surface area contributed by atoms with E-state index >= 15 is 0 Å².